The van der Waals surface area contributed by atoms with Crippen LogP contribution in [0, 0.1) is 0 Å². The number of hydrogen-bond donors (Lipinski definition) is 1. The number of amides is 3. The molecule has 1 N–H and O–H groups in total. The molecule has 6 heteroatoms. The standard InChI is InChI=1S/C17H12BrClN2O2/c18-13-5-1-11(2-6-13)9-15-16(22)21(17(23)20-15)10-12-3-7-14(19)8-4-12/h1-9H,10H2,(H,20,23)/b15-9+. The summed E-state index contributed by atoms with van der Waals surface area (Å²) < 4.78 is 0.950. The topological polar surface area (TPSA) is 49.4 Å². The first kappa shape index (κ1) is 15.8. The van der Waals surface area contributed by atoms with Crippen LogP contribution in [0.15, 0.2) is 58.7 Å². The Hall–Kier alpha value is -2.11. The number of nitrogens with one attached hydrogen (secondary N) is 1. The number of hydrogen-bond acceptors (Lipinski definition) is 2. The van der Waals surface area contributed by atoms with E-state index in [-0.39, 0.29) is 18.1 Å². The zero-order valence-corrected chi connectivity index (χ0v) is 14.3. The van der Waals surface area contributed by atoms with Gasteiger partial charge in [0, 0.05) is 9.50 Å². The molecule has 2 aromatic carbocycles. The van der Waals surface area contributed by atoms with Crippen LogP contribution in [0.25, 0.3) is 6.08 Å². The molecule has 0 radical (unpaired) electrons. The van der Waals surface area contributed by atoms with Gasteiger partial charge in [-0.25, -0.2) is 4.79 Å². The predicted octanol–water partition coefficient (Wildman–Crippen LogP) is 4.20. The quantitative estimate of drug-likeness (QED) is 0.630. The molecule has 0 bridgehead atoms. The first-order valence-corrected chi connectivity index (χ1v) is 8.04. The van der Waals surface area contributed by atoms with Gasteiger partial charge < -0.3 is 5.32 Å². The zero-order valence-electron chi connectivity index (χ0n) is 11.9. The van der Waals surface area contributed by atoms with Crippen LogP contribution in [0.4, 0.5) is 4.79 Å². The Labute approximate surface area is 146 Å². The molecule has 3 amide bonds. The Balaban J connectivity index is 1.79. The van der Waals surface area contributed by atoms with Crippen molar-refractivity contribution in [2.24, 2.45) is 0 Å². The van der Waals surface area contributed by atoms with Crippen molar-refractivity contribution in [1.82, 2.24) is 10.2 Å². The molecule has 0 saturated carbocycles. The molecule has 116 valence electrons. The molecule has 1 saturated heterocycles. The number of halogens is 2. The largest absolute Gasteiger partial charge is 0.329 e. The van der Waals surface area contributed by atoms with E-state index in [2.05, 4.69) is 21.2 Å². The molecule has 1 heterocycles. The number of imide groups is 1. The second-order valence-corrected chi connectivity index (χ2v) is 6.41. The maximum Gasteiger partial charge on any atom is 0.329 e. The molecule has 4 nitrogen and oxygen atoms in total. The lowest BCUT2D eigenvalue weighted by atomic mass is 10.2. The second kappa shape index (κ2) is 6.56. The molecule has 0 unspecified atom stereocenters. The molecule has 0 spiro atoms. The molecule has 1 aliphatic rings. The lowest BCUT2D eigenvalue weighted by Gasteiger charge is -2.11. The van der Waals surface area contributed by atoms with Gasteiger partial charge in [-0.1, -0.05) is 51.8 Å². The van der Waals surface area contributed by atoms with Gasteiger partial charge in [-0.3, -0.25) is 9.69 Å². The number of rotatable bonds is 3. The highest BCUT2D eigenvalue weighted by Gasteiger charge is 2.33. The average molecular weight is 392 g/mol. The number of nitrogens with zero attached hydrogens (tertiary/aromatic N) is 1. The van der Waals surface area contributed by atoms with Crippen LogP contribution in [-0.4, -0.2) is 16.8 Å². The van der Waals surface area contributed by atoms with Crippen molar-refractivity contribution in [3.05, 3.63) is 74.9 Å². The Bertz CT molecular complexity index is 785. The summed E-state index contributed by atoms with van der Waals surface area (Å²) in [5, 5.41) is 3.22. The van der Waals surface area contributed by atoms with Crippen LogP contribution in [0.3, 0.4) is 0 Å². The highest BCUT2D eigenvalue weighted by molar-refractivity contribution is 9.10. The molecule has 0 aliphatic carbocycles. The molecule has 0 atom stereocenters. The summed E-state index contributed by atoms with van der Waals surface area (Å²) >= 11 is 9.19. The van der Waals surface area contributed by atoms with Gasteiger partial charge in [0.1, 0.15) is 5.70 Å². The van der Waals surface area contributed by atoms with Gasteiger partial charge in [-0.05, 0) is 41.5 Å². The van der Waals surface area contributed by atoms with E-state index in [1.54, 1.807) is 30.3 Å². The Morgan fingerprint density at radius 1 is 1.04 bits per heavy atom. The third kappa shape index (κ3) is 3.63. The third-order valence-electron chi connectivity index (χ3n) is 3.40. The predicted molar refractivity (Wildman–Crippen MR) is 92.7 cm³/mol. The van der Waals surface area contributed by atoms with Crippen molar-refractivity contribution in [3.8, 4) is 0 Å². The third-order valence-corrected chi connectivity index (χ3v) is 4.18. The van der Waals surface area contributed by atoms with Gasteiger partial charge in [0.05, 0.1) is 6.54 Å². The van der Waals surface area contributed by atoms with E-state index < -0.39 is 6.03 Å². The molecule has 0 aromatic heterocycles. The molecular formula is C17H12BrClN2O2. The van der Waals surface area contributed by atoms with Crippen molar-refractivity contribution in [3.63, 3.8) is 0 Å². The fourth-order valence-corrected chi connectivity index (χ4v) is 2.60. The van der Waals surface area contributed by atoms with E-state index in [0.29, 0.717) is 5.02 Å². The summed E-state index contributed by atoms with van der Waals surface area (Å²) in [5.41, 5.74) is 1.94. The van der Waals surface area contributed by atoms with Gasteiger partial charge in [0.15, 0.2) is 0 Å². The van der Waals surface area contributed by atoms with E-state index in [1.807, 2.05) is 24.3 Å². The van der Waals surface area contributed by atoms with Crippen molar-refractivity contribution in [1.29, 1.82) is 0 Å². The van der Waals surface area contributed by atoms with Crippen LogP contribution in [0.2, 0.25) is 5.02 Å². The summed E-state index contributed by atoms with van der Waals surface area (Å²) in [6, 6.07) is 14.1. The molecular weight excluding hydrogens is 380 g/mol. The van der Waals surface area contributed by atoms with Gasteiger partial charge >= 0.3 is 6.03 Å². The van der Waals surface area contributed by atoms with Gasteiger partial charge in [-0.15, -0.1) is 0 Å². The highest BCUT2D eigenvalue weighted by Crippen LogP contribution is 2.19. The number of carbonyl (C=O) groups is 2. The minimum atomic E-state index is -0.423. The maximum absolute atomic E-state index is 12.4. The van der Waals surface area contributed by atoms with E-state index in [9.17, 15) is 9.59 Å². The van der Waals surface area contributed by atoms with Crippen molar-refractivity contribution in [2.45, 2.75) is 6.54 Å². The number of urea groups is 1. The fraction of sp³-hybridized carbons (Fsp3) is 0.0588. The summed E-state index contributed by atoms with van der Waals surface area (Å²) in [6.07, 6.45) is 1.66. The monoisotopic (exact) mass is 390 g/mol. The molecule has 2 aromatic rings. The van der Waals surface area contributed by atoms with Crippen LogP contribution in [0.1, 0.15) is 11.1 Å². The Morgan fingerprint density at radius 2 is 1.70 bits per heavy atom. The molecule has 1 fully saturated rings. The first-order valence-electron chi connectivity index (χ1n) is 6.87. The second-order valence-electron chi connectivity index (χ2n) is 5.06. The van der Waals surface area contributed by atoms with Crippen LogP contribution < -0.4 is 5.32 Å². The van der Waals surface area contributed by atoms with Gasteiger partial charge in [0.2, 0.25) is 0 Å². The Morgan fingerprint density at radius 3 is 2.35 bits per heavy atom. The molecule has 3 rings (SSSR count). The summed E-state index contributed by atoms with van der Waals surface area (Å²) in [6.45, 7) is 0.208. The zero-order chi connectivity index (χ0) is 16.4. The highest BCUT2D eigenvalue weighted by atomic mass is 79.9. The fourth-order valence-electron chi connectivity index (χ4n) is 2.21. The van der Waals surface area contributed by atoms with Gasteiger partial charge in [-0.2, -0.15) is 0 Å². The van der Waals surface area contributed by atoms with Crippen LogP contribution in [-0.2, 0) is 11.3 Å². The normalized spacial score (nSPS) is 16.1. The van der Waals surface area contributed by atoms with Crippen molar-refractivity contribution >= 4 is 45.5 Å². The minimum Gasteiger partial charge on any atom is -0.303 e. The summed E-state index contributed by atoms with van der Waals surface area (Å²) in [5.74, 6) is -0.340. The smallest absolute Gasteiger partial charge is 0.303 e. The first-order chi connectivity index (χ1) is 11.0. The van der Waals surface area contributed by atoms with Crippen LogP contribution >= 0.6 is 27.5 Å². The maximum atomic E-state index is 12.4. The van der Waals surface area contributed by atoms with E-state index in [1.165, 1.54) is 4.90 Å². The lowest BCUT2D eigenvalue weighted by Crippen LogP contribution is -2.30. The summed E-state index contributed by atoms with van der Waals surface area (Å²) in [7, 11) is 0. The number of benzene rings is 2. The van der Waals surface area contributed by atoms with Crippen molar-refractivity contribution < 1.29 is 9.59 Å². The van der Waals surface area contributed by atoms with Crippen molar-refractivity contribution in [2.75, 3.05) is 0 Å². The minimum absolute atomic E-state index is 0.208. The van der Waals surface area contributed by atoms with Gasteiger partial charge in [0.25, 0.3) is 5.91 Å². The Kier molecular flexibility index (Phi) is 4.50. The SMILES string of the molecule is O=C1N/C(=C/c2ccc(Br)cc2)C(=O)N1Cc1ccc(Cl)cc1. The average Bonchev–Trinajstić information content (AvgIpc) is 2.79. The van der Waals surface area contributed by atoms with E-state index in [0.717, 1.165) is 15.6 Å². The van der Waals surface area contributed by atoms with E-state index in [4.69, 9.17) is 11.6 Å². The van der Waals surface area contributed by atoms with E-state index >= 15 is 0 Å². The molecule has 23 heavy (non-hydrogen) atoms. The number of carbonyl (C=O) groups excluding carboxylic acids is 2. The molecule has 1 aliphatic heterocycles. The summed E-state index contributed by atoms with van der Waals surface area (Å²) in [4.78, 5) is 25.6. The van der Waals surface area contributed by atoms with Crippen LogP contribution in [0.5, 0.6) is 0 Å². The lowest BCUT2D eigenvalue weighted by molar-refractivity contribution is -0.123.